The number of halogens is 1. The Morgan fingerprint density at radius 2 is 2.00 bits per heavy atom. The number of para-hydroxylation sites is 1. The topological polar surface area (TPSA) is 71.8 Å². The van der Waals surface area contributed by atoms with Gasteiger partial charge in [0.15, 0.2) is 0 Å². The Bertz CT molecular complexity index is 1030. The minimum absolute atomic E-state index is 0.0180. The third-order valence-corrected chi connectivity index (χ3v) is 5.11. The number of carbonyl (C=O) groups is 1. The van der Waals surface area contributed by atoms with Gasteiger partial charge in [-0.2, -0.15) is 0 Å². The molecular weight excluding hydrogens is 369 g/mol. The molecule has 7 heteroatoms. The SMILES string of the molecule is CC(C)c1nc(C(=O)NCC2NCCc3ccccc32)nn1-c1ccccc1F. The van der Waals surface area contributed by atoms with E-state index in [2.05, 4.69) is 32.8 Å². The summed E-state index contributed by atoms with van der Waals surface area (Å²) in [6.07, 6.45) is 0.979. The van der Waals surface area contributed by atoms with Gasteiger partial charge in [-0.25, -0.2) is 14.1 Å². The standard InChI is InChI=1S/C22H24FN5O/c1-14(2)21-26-20(27-28(21)19-10-6-5-9-17(19)23)22(29)25-13-18-16-8-4-3-7-15(16)11-12-24-18/h3-10,14,18,24H,11-13H2,1-2H3,(H,25,29). The maximum absolute atomic E-state index is 14.3. The van der Waals surface area contributed by atoms with Crippen molar-refractivity contribution in [3.8, 4) is 5.69 Å². The summed E-state index contributed by atoms with van der Waals surface area (Å²) in [5.74, 6) is -0.209. The molecule has 0 bridgehead atoms. The number of amides is 1. The molecule has 3 aromatic rings. The summed E-state index contributed by atoms with van der Waals surface area (Å²) < 4.78 is 15.7. The lowest BCUT2D eigenvalue weighted by Crippen LogP contribution is -2.39. The zero-order chi connectivity index (χ0) is 20.4. The van der Waals surface area contributed by atoms with Gasteiger partial charge in [0.1, 0.15) is 17.3 Å². The lowest BCUT2D eigenvalue weighted by Gasteiger charge is -2.26. The highest BCUT2D eigenvalue weighted by Gasteiger charge is 2.23. The quantitative estimate of drug-likeness (QED) is 0.699. The summed E-state index contributed by atoms with van der Waals surface area (Å²) in [5, 5.41) is 10.7. The number of hydrogen-bond acceptors (Lipinski definition) is 4. The molecule has 2 heterocycles. The number of hydrogen-bond donors (Lipinski definition) is 2. The molecule has 0 aliphatic carbocycles. The van der Waals surface area contributed by atoms with Crippen LogP contribution in [0.3, 0.4) is 0 Å². The van der Waals surface area contributed by atoms with E-state index in [-0.39, 0.29) is 29.4 Å². The fraction of sp³-hybridized carbons (Fsp3) is 0.318. The minimum Gasteiger partial charge on any atom is -0.347 e. The summed E-state index contributed by atoms with van der Waals surface area (Å²) in [7, 11) is 0. The van der Waals surface area contributed by atoms with Crippen LogP contribution in [0.4, 0.5) is 4.39 Å². The van der Waals surface area contributed by atoms with Gasteiger partial charge < -0.3 is 10.6 Å². The van der Waals surface area contributed by atoms with Crippen molar-refractivity contribution in [1.29, 1.82) is 0 Å². The summed E-state index contributed by atoms with van der Waals surface area (Å²) in [4.78, 5) is 17.1. The summed E-state index contributed by atoms with van der Waals surface area (Å²) in [5.41, 5.74) is 2.78. The molecule has 4 rings (SSSR count). The van der Waals surface area contributed by atoms with Crippen molar-refractivity contribution in [2.75, 3.05) is 13.1 Å². The van der Waals surface area contributed by atoms with Crippen molar-refractivity contribution in [3.63, 3.8) is 0 Å². The van der Waals surface area contributed by atoms with E-state index in [9.17, 15) is 9.18 Å². The van der Waals surface area contributed by atoms with Crippen LogP contribution in [-0.4, -0.2) is 33.8 Å². The van der Waals surface area contributed by atoms with Crippen LogP contribution in [0.2, 0.25) is 0 Å². The lowest BCUT2D eigenvalue weighted by molar-refractivity contribution is 0.0938. The second kappa shape index (κ2) is 8.13. The molecule has 150 valence electrons. The Morgan fingerprint density at radius 1 is 1.24 bits per heavy atom. The van der Waals surface area contributed by atoms with Gasteiger partial charge in [-0.15, -0.1) is 5.10 Å². The minimum atomic E-state index is -0.408. The Kier molecular flexibility index (Phi) is 5.40. The van der Waals surface area contributed by atoms with E-state index in [0.717, 1.165) is 13.0 Å². The van der Waals surface area contributed by atoms with Gasteiger partial charge in [-0.1, -0.05) is 50.2 Å². The number of rotatable bonds is 5. The van der Waals surface area contributed by atoms with Crippen LogP contribution < -0.4 is 10.6 Å². The van der Waals surface area contributed by atoms with E-state index >= 15 is 0 Å². The van der Waals surface area contributed by atoms with Crippen molar-refractivity contribution < 1.29 is 9.18 Å². The molecule has 6 nitrogen and oxygen atoms in total. The Hall–Kier alpha value is -3.06. The van der Waals surface area contributed by atoms with Gasteiger partial charge in [-0.3, -0.25) is 4.79 Å². The van der Waals surface area contributed by atoms with E-state index in [0.29, 0.717) is 12.4 Å². The van der Waals surface area contributed by atoms with Crippen molar-refractivity contribution in [3.05, 3.63) is 77.1 Å². The Labute approximate surface area is 169 Å². The van der Waals surface area contributed by atoms with Crippen LogP contribution in [-0.2, 0) is 6.42 Å². The number of fused-ring (bicyclic) bond motifs is 1. The summed E-state index contributed by atoms with van der Waals surface area (Å²) in [6, 6.07) is 14.6. The molecule has 0 fully saturated rings. The first-order chi connectivity index (χ1) is 14.0. The van der Waals surface area contributed by atoms with E-state index in [4.69, 9.17) is 0 Å². The lowest BCUT2D eigenvalue weighted by atomic mass is 9.94. The summed E-state index contributed by atoms with van der Waals surface area (Å²) in [6.45, 7) is 5.17. The zero-order valence-electron chi connectivity index (χ0n) is 16.5. The normalized spacial score (nSPS) is 15.9. The molecule has 0 saturated carbocycles. The smallest absolute Gasteiger partial charge is 0.291 e. The molecule has 2 N–H and O–H groups in total. The second-order valence-electron chi connectivity index (χ2n) is 7.48. The molecule has 1 unspecified atom stereocenters. The maximum atomic E-state index is 14.3. The van der Waals surface area contributed by atoms with Gasteiger partial charge in [0.25, 0.3) is 5.91 Å². The maximum Gasteiger partial charge on any atom is 0.291 e. The first kappa shape index (κ1) is 19.3. The summed E-state index contributed by atoms with van der Waals surface area (Å²) >= 11 is 0. The molecule has 0 spiro atoms. The van der Waals surface area contributed by atoms with Crippen LogP contribution in [0.5, 0.6) is 0 Å². The van der Waals surface area contributed by atoms with Gasteiger partial charge in [-0.05, 0) is 36.2 Å². The first-order valence-corrected chi connectivity index (χ1v) is 9.86. The monoisotopic (exact) mass is 393 g/mol. The van der Waals surface area contributed by atoms with E-state index in [1.807, 2.05) is 26.0 Å². The molecule has 1 aromatic heterocycles. The number of carbonyl (C=O) groups excluding carboxylic acids is 1. The van der Waals surface area contributed by atoms with Crippen LogP contribution >= 0.6 is 0 Å². The van der Waals surface area contributed by atoms with E-state index < -0.39 is 5.82 Å². The Balaban J connectivity index is 1.54. The number of nitrogens with zero attached hydrogens (tertiary/aromatic N) is 3. The molecule has 29 heavy (non-hydrogen) atoms. The fourth-order valence-electron chi connectivity index (χ4n) is 3.64. The third-order valence-electron chi connectivity index (χ3n) is 5.11. The highest BCUT2D eigenvalue weighted by Crippen LogP contribution is 2.22. The largest absolute Gasteiger partial charge is 0.347 e. The van der Waals surface area contributed by atoms with Crippen LogP contribution in [0.25, 0.3) is 5.69 Å². The molecule has 1 aliphatic heterocycles. The average Bonchev–Trinajstić information content (AvgIpc) is 3.18. The molecule has 0 saturated heterocycles. The van der Waals surface area contributed by atoms with Crippen molar-refractivity contribution in [2.24, 2.45) is 0 Å². The van der Waals surface area contributed by atoms with E-state index in [1.54, 1.807) is 18.2 Å². The van der Waals surface area contributed by atoms with Crippen molar-refractivity contribution in [2.45, 2.75) is 32.2 Å². The zero-order valence-corrected chi connectivity index (χ0v) is 16.5. The molecular formula is C22H24FN5O. The fourth-order valence-corrected chi connectivity index (χ4v) is 3.64. The molecule has 1 atom stereocenters. The predicted octanol–water partition coefficient (Wildman–Crippen LogP) is 3.15. The molecule has 0 radical (unpaired) electrons. The number of aromatic nitrogens is 3. The van der Waals surface area contributed by atoms with Crippen molar-refractivity contribution in [1.82, 2.24) is 25.4 Å². The molecule has 2 aromatic carbocycles. The van der Waals surface area contributed by atoms with Gasteiger partial charge in [0.05, 0.1) is 0 Å². The van der Waals surface area contributed by atoms with Crippen molar-refractivity contribution >= 4 is 5.91 Å². The van der Waals surface area contributed by atoms with Gasteiger partial charge in [0, 0.05) is 18.5 Å². The highest BCUT2D eigenvalue weighted by molar-refractivity contribution is 5.90. The third kappa shape index (κ3) is 3.91. The second-order valence-corrected chi connectivity index (χ2v) is 7.48. The van der Waals surface area contributed by atoms with Crippen LogP contribution in [0, 0.1) is 5.82 Å². The number of benzene rings is 2. The van der Waals surface area contributed by atoms with E-state index in [1.165, 1.54) is 21.9 Å². The van der Waals surface area contributed by atoms with Crippen LogP contribution in [0.1, 0.15) is 53.4 Å². The van der Waals surface area contributed by atoms with Gasteiger partial charge in [0.2, 0.25) is 5.82 Å². The molecule has 1 amide bonds. The first-order valence-electron chi connectivity index (χ1n) is 9.86. The predicted molar refractivity (Wildman–Crippen MR) is 109 cm³/mol. The average molecular weight is 393 g/mol. The van der Waals surface area contributed by atoms with Gasteiger partial charge >= 0.3 is 0 Å². The van der Waals surface area contributed by atoms with Crippen LogP contribution in [0.15, 0.2) is 48.5 Å². The number of nitrogens with one attached hydrogen (secondary N) is 2. The highest BCUT2D eigenvalue weighted by atomic mass is 19.1. The Morgan fingerprint density at radius 3 is 2.79 bits per heavy atom. The molecule has 1 aliphatic rings.